The van der Waals surface area contributed by atoms with Crippen LogP contribution in [0.4, 0.5) is 11.4 Å². The maximum absolute atomic E-state index is 11.8. The molecular weight excluding hydrogens is 296 g/mol. The second-order valence-electron chi connectivity index (χ2n) is 4.45. The first-order chi connectivity index (χ1) is 9.88. The molecule has 0 aliphatic rings. The van der Waals surface area contributed by atoms with Gasteiger partial charge in [-0.05, 0) is 18.6 Å². The first kappa shape index (κ1) is 17.3. The van der Waals surface area contributed by atoms with Gasteiger partial charge in [0.25, 0.3) is 0 Å². The van der Waals surface area contributed by atoms with Crippen molar-refractivity contribution in [1.29, 1.82) is 0 Å². The van der Waals surface area contributed by atoms with E-state index in [2.05, 4.69) is 5.32 Å². The summed E-state index contributed by atoms with van der Waals surface area (Å²) >= 11 is 0. The number of nitrogens with two attached hydrogens (primary N) is 1. The van der Waals surface area contributed by atoms with Crippen molar-refractivity contribution in [2.24, 2.45) is 0 Å². The summed E-state index contributed by atoms with van der Waals surface area (Å²) in [6.07, 6.45) is 0.358. The van der Waals surface area contributed by atoms with Gasteiger partial charge in [-0.2, -0.15) is 0 Å². The fraction of sp³-hybridized carbons (Fsp3) is 0.462. The number of rotatable bonds is 8. The largest absolute Gasteiger partial charge is 0.494 e. The van der Waals surface area contributed by atoms with Crippen LogP contribution in [0.1, 0.15) is 6.42 Å². The molecule has 0 fully saturated rings. The fourth-order valence-electron chi connectivity index (χ4n) is 1.69. The molecular formula is C13H20N2O5S. The van der Waals surface area contributed by atoms with E-state index in [-0.39, 0.29) is 5.75 Å². The maximum atomic E-state index is 11.8. The van der Waals surface area contributed by atoms with Gasteiger partial charge in [0.1, 0.15) is 11.5 Å². The highest BCUT2D eigenvalue weighted by atomic mass is 32.2. The van der Waals surface area contributed by atoms with Crippen molar-refractivity contribution in [3.8, 4) is 5.75 Å². The van der Waals surface area contributed by atoms with Crippen molar-refractivity contribution in [3.63, 3.8) is 0 Å². The van der Waals surface area contributed by atoms with E-state index >= 15 is 0 Å². The Kier molecular flexibility index (Phi) is 6.44. The van der Waals surface area contributed by atoms with Crippen LogP contribution in [-0.2, 0) is 19.4 Å². The number of hydrogen-bond acceptors (Lipinski definition) is 6. The van der Waals surface area contributed by atoms with Gasteiger partial charge in [0.2, 0.25) is 5.91 Å². The highest BCUT2D eigenvalue weighted by Gasteiger charge is 2.17. The molecule has 0 aliphatic heterocycles. The number of ether oxygens (including phenoxy) is 2. The Labute approximate surface area is 124 Å². The molecule has 0 bridgehead atoms. The van der Waals surface area contributed by atoms with Gasteiger partial charge in [-0.25, -0.2) is 8.42 Å². The second kappa shape index (κ2) is 7.84. The molecule has 8 heteroatoms. The molecule has 118 valence electrons. The number of sulfone groups is 1. The molecule has 0 aliphatic carbocycles. The lowest BCUT2D eigenvalue weighted by atomic mass is 10.2. The monoisotopic (exact) mass is 316 g/mol. The van der Waals surface area contributed by atoms with E-state index in [0.717, 1.165) is 0 Å². The maximum Gasteiger partial charge on any atom is 0.239 e. The Morgan fingerprint density at radius 1 is 1.33 bits per heavy atom. The molecule has 0 aromatic heterocycles. The predicted octanol–water partition coefficient (Wildman–Crippen LogP) is 0.667. The number of amides is 1. The molecule has 0 saturated heterocycles. The van der Waals surface area contributed by atoms with Crippen LogP contribution in [0.2, 0.25) is 0 Å². The Hall–Kier alpha value is -1.80. The van der Waals surface area contributed by atoms with Gasteiger partial charge in [0.15, 0.2) is 9.84 Å². The highest BCUT2D eigenvalue weighted by molar-refractivity contribution is 7.92. The molecule has 1 aromatic carbocycles. The van der Waals surface area contributed by atoms with Crippen LogP contribution in [0.3, 0.4) is 0 Å². The van der Waals surface area contributed by atoms with Crippen LogP contribution in [0.25, 0.3) is 0 Å². The summed E-state index contributed by atoms with van der Waals surface area (Å²) in [6.45, 7) is 0.340. The van der Waals surface area contributed by atoms with Gasteiger partial charge in [0, 0.05) is 25.5 Å². The fourth-order valence-corrected chi connectivity index (χ4v) is 2.87. The number of nitrogen functional groups attached to an aromatic ring is 1. The van der Waals surface area contributed by atoms with E-state index in [1.165, 1.54) is 14.2 Å². The summed E-state index contributed by atoms with van der Waals surface area (Å²) in [5, 5.41) is 2.51. The number of hydrogen-bond donors (Lipinski definition) is 2. The minimum Gasteiger partial charge on any atom is -0.494 e. The molecule has 7 nitrogen and oxygen atoms in total. The number of benzene rings is 1. The Balaban J connectivity index is 2.65. The first-order valence-electron chi connectivity index (χ1n) is 6.30. The lowest BCUT2D eigenvalue weighted by molar-refractivity contribution is -0.113. The predicted molar refractivity (Wildman–Crippen MR) is 81.2 cm³/mol. The topological polar surface area (TPSA) is 108 Å². The van der Waals surface area contributed by atoms with E-state index in [4.69, 9.17) is 15.2 Å². The summed E-state index contributed by atoms with van der Waals surface area (Å²) in [6, 6.07) is 4.69. The molecule has 1 amide bonds. The normalized spacial score (nSPS) is 11.1. The summed E-state index contributed by atoms with van der Waals surface area (Å²) in [5.41, 5.74) is 6.47. The van der Waals surface area contributed by atoms with Gasteiger partial charge in [-0.15, -0.1) is 0 Å². The minimum absolute atomic E-state index is 0.0901. The third-order valence-electron chi connectivity index (χ3n) is 2.65. The number of anilines is 2. The van der Waals surface area contributed by atoms with Gasteiger partial charge >= 0.3 is 0 Å². The zero-order chi connectivity index (χ0) is 15.9. The van der Waals surface area contributed by atoms with Crippen LogP contribution in [-0.4, -0.2) is 46.7 Å². The van der Waals surface area contributed by atoms with Crippen LogP contribution in [0, 0.1) is 0 Å². The summed E-state index contributed by atoms with van der Waals surface area (Å²) < 4.78 is 33.4. The number of carbonyl (C=O) groups is 1. The SMILES string of the molecule is COCCCS(=O)(=O)CC(=O)Nc1ccc(N)cc1OC. The van der Waals surface area contributed by atoms with Crippen LogP contribution < -0.4 is 15.8 Å². The van der Waals surface area contributed by atoms with Gasteiger partial charge in [-0.3, -0.25) is 4.79 Å². The Bertz CT molecular complexity index is 586. The first-order valence-corrected chi connectivity index (χ1v) is 8.13. The minimum atomic E-state index is -3.46. The standard InChI is InChI=1S/C13H20N2O5S/c1-19-6-3-7-21(17,18)9-13(16)15-11-5-4-10(14)8-12(11)20-2/h4-5,8H,3,6-7,9,14H2,1-2H3,(H,15,16). The summed E-state index contributed by atoms with van der Waals surface area (Å²) in [4.78, 5) is 11.8. The van der Waals surface area contributed by atoms with Crippen molar-refractivity contribution in [2.75, 3.05) is 43.4 Å². The molecule has 0 atom stereocenters. The molecule has 0 radical (unpaired) electrons. The average molecular weight is 316 g/mol. The van der Waals surface area contributed by atoms with Crippen molar-refractivity contribution < 1.29 is 22.7 Å². The highest BCUT2D eigenvalue weighted by Crippen LogP contribution is 2.26. The summed E-state index contributed by atoms with van der Waals surface area (Å²) in [5.74, 6) is -0.909. The van der Waals surface area contributed by atoms with E-state index in [1.54, 1.807) is 18.2 Å². The van der Waals surface area contributed by atoms with E-state index in [9.17, 15) is 13.2 Å². The zero-order valence-corrected chi connectivity index (χ0v) is 12.9. The second-order valence-corrected chi connectivity index (χ2v) is 6.63. The third kappa shape index (κ3) is 6.01. The van der Waals surface area contributed by atoms with Gasteiger partial charge < -0.3 is 20.5 Å². The molecule has 1 aromatic rings. The summed E-state index contributed by atoms with van der Waals surface area (Å²) in [7, 11) is -0.529. The molecule has 21 heavy (non-hydrogen) atoms. The smallest absolute Gasteiger partial charge is 0.239 e. The Morgan fingerprint density at radius 2 is 2.05 bits per heavy atom. The average Bonchev–Trinajstić information content (AvgIpc) is 2.40. The molecule has 0 spiro atoms. The van der Waals surface area contributed by atoms with Crippen LogP contribution in [0.15, 0.2) is 18.2 Å². The molecule has 0 saturated carbocycles. The molecule has 1 rings (SSSR count). The van der Waals surface area contributed by atoms with Crippen molar-refractivity contribution in [3.05, 3.63) is 18.2 Å². The molecule has 3 N–H and O–H groups in total. The zero-order valence-electron chi connectivity index (χ0n) is 12.1. The van der Waals surface area contributed by atoms with Crippen LogP contribution >= 0.6 is 0 Å². The van der Waals surface area contributed by atoms with Gasteiger partial charge in [0.05, 0.1) is 18.6 Å². The van der Waals surface area contributed by atoms with E-state index < -0.39 is 21.5 Å². The lowest BCUT2D eigenvalue weighted by Crippen LogP contribution is -2.25. The Morgan fingerprint density at radius 3 is 2.67 bits per heavy atom. The van der Waals surface area contributed by atoms with Crippen LogP contribution in [0.5, 0.6) is 5.75 Å². The third-order valence-corrected chi connectivity index (χ3v) is 4.27. The molecule has 0 heterocycles. The van der Waals surface area contributed by atoms with E-state index in [0.29, 0.717) is 30.2 Å². The van der Waals surface area contributed by atoms with E-state index in [1.807, 2.05) is 0 Å². The van der Waals surface area contributed by atoms with Crippen molar-refractivity contribution >= 4 is 27.1 Å². The van der Waals surface area contributed by atoms with Gasteiger partial charge in [-0.1, -0.05) is 0 Å². The number of carbonyl (C=O) groups excluding carboxylic acids is 1. The van der Waals surface area contributed by atoms with Crippen molar-refractivity contribution in [1.82, 2.24) is 0 Å². The number of nitrogens with one attached hydrogen (secondary N) is 1. The van der Waals surface area contributed by atoms with Crippen molar-refractivity contribution in [2.45, 2.75) is 6.42 Å². The molecule has 0 unspecified atom stereocenters. The number of methoxy groups -OCH3 is 2. The quantitative estimate of drug-likeness (QED) is 0.539. The lowest BCUT2D eigenvalue weighted by Gasteiger charge is -2.11.